The lowest BCUT2D eigenvalue weighted by Crippen LogP contribution is -2.37. The largest absolute Gasteiger partial charge is 0.339 e. The van der Waals surface area contributed by atoms with Crippen LogP contribution in [-0.4, -0.2) is 50.9 Å². The van der Waals surface area contributed by atoms with Crippen molar-refractivity contribution in [3.8, 4) is 0 Å². The van der Waals surface area contributed by atoms with Gasteiger partial charge in [0.15, 0.2) is 0 Å². The van der Waals surface area contributed by atoms with Gasteiger partial charge >= 0.3 is 0 Å². The number of hydrogen-bond acceptors (Lipinski definition) is 4. The second-order valence-corrected chi connectivity index (χ2v) is 8.48. The molecule has 0 bridgehead atoms. The van der Waals surface area contributed by atoms with Gasteiger partial charge in [-0.3, -0.25) is 9.63 Å². The van der Waals surface area contributed by atoms with Crippen LogP contribution in [0.5, 0.6) is 0 Å². The molecule has 140 valence electrons. The Labute approximate surface area is 150 Å². The van der Waals surface area contributed by atoms with Crippen LogP contribution in [0.25, 0.3) is 0 Å². The van der Waals surface area contributed by atoms with E-state index in [0.29, 0.717) is 5.56 Å². The van der Waals surface area contributed by atoms with Gasteiger partial charge in [-0.2, -0.15) is 0 Å². The first-order valence-electron chi connectivity index (χ1n) is 8.78. The summed E-state index contributed by atoms with van der Waals surface area (Å²) in [4.78, 5) is 19.5. The summed E-state index contributed by atoms with van der Waals surface area (Å²) >= 11 is 0. The highest BCUT2D eigenvalue weighted by atomic mass is 32.2. The van der Waals surface area contributed by atoms with Gasteiger partial charge in [0.05, 0.1) is 12.0 Å². The molecule has 0 aliphatic heterocycles. The molecular formula is C18H28N2O4S. The van der Waals surface area contributed by atoms with Crippen LogP contribution in [0.2, 0.25) is 0 Å². The summed E-state index contributed by atoms with van der Waals surface area (Å²) in [5.74, 6) is -0.136. The average Bonchev–Trinajstić information content (AvgIpc) is 2.59. The molecule has 1 amide bonds. The van der Waals surface area contributed by atoms with E-state index in [-0.39, 0.29) is 16.8 Å². The Hall–Kier alpha value is -1.44. The first-order valence-corrected chi connectivity index (χ1v) is 10.2. The number of benzene rings is 1. The number of carbonyl (C=O) groups is 1. The van der Waals surface area contributed by atoms with Crippen molar-refractivity contribution in [1.82, 2.24) is 9.37 Å². The Bertz CT molecular complexity index is 682. The van der Waals surface area contributed by atoms with Crippen LogP contribution in [0.1, 0.15) is 55.3 Å². The van der Waals surface area contributed by atoms with Crippen LogP contribution in [0.3, 0.4) is 0 Å². The third-order valence-corrected chi connectivity index (χ3v) is 6.59. The third kappa shape index (κ3) is 4.80. The summed E-state index contributed by atoms with van der Waals surface area (Å²) in [6.45, 7) is 0. The molecule has 0 spiro atoms. The minimum absolute atomic E-state index is 0.0498. The maximum atomic E-state index is 12.8. The molecule has 7 heteroatoms. The summed E-state index contributed by atoms with van der Waals surface area (Å²) in [7, 11) is 0.661. The van der Waals surface area contributed by atoms with E-state index in [2.05, 4.69) is 0 Å². The molecule has 1 saturated carbocycles. The molecule has 2 rings (SSSR count). The predicted molar refractivity (Wildman–Crippen MR) is 96.6 cm³/mol. The minimum Gasteiger partial charge on any atom is -0.339 e. The van der Waals surface area contributed by atoms with Crippen LogP contribution in [0.15, 0.2) is 29.2 Å². The first kappa shape index (κ1) is 19.9. The first-order chi connectivity index (χ1) is 11.9. The van der Waals surface area contributed by atoms with Crippen molar-refractivity contribution in [2.75, 3.05) is 21.2 Å². The fourth-order valence-corrected chi connectivity index (χ4v) is 4.25. The highest BCUT2D eigenvalue weighted by Gasteiger charge is 2.25. The van der Waals surface area contributed by atoms with E-state index in [4.69, 9.17) is 4.84 Å². The van der Waals surface area contributed by atoms with Gasteiger partial charge in [0.2, 0.25) is 0 Å². The van der Waals surface area contributed by atoms with Crippen molar-refractivity contribution in [1.29, 1.82) is 0 Å². The van der Waals surface area contributed by atoms with Crippen LogP contribution in [0, 0.1) is 0 Å². The molecule has 0 aromatic heterocycles. The molecule has 0 saturated heterocycles. The van der Waals surface area contributed by atoms with E-state index in [1.807, 2.05) is 7.05 Å². The number of nitrogens with zero attached hydrogens (tertiary/aromatic N) is 2. The summed E-state index contributed by atoms with van der Waals surface area (Å²) in [6.07, 6.45) is 7.99. The molecule has 1 aliphatic carbocycles. The Morgan fingerprint density at radius 2 is 1.68 bits per heavy atom. The molecule has 0 heterocycles. The van der Waals surface area contributed by atoms with Gasteiger partial charge in [-0.1, -0.05) is 42.6 Å². The van der Waals surface area contributed by atoms with Crippen LogP contribution in [0.4, 0.5) is 0 Å². The summed E-state index contributed by atoms with van der Waals surface area (Å²) in [6, 6.07) is 6.36. The van der Waals surface area contributed by atoms with Crippen LogP contribution >= 0.6 is 0 Å². The number of rotatable bonds is 5. The van der Waals surface area contributed by atoms with Crippen molar-refractivity contribution in [3.05, 3.63) is 29.8 Å². The standard InChI is InChI=1S/C18H28N2O4S/c1-19(16-11-7-5-4-6-8-12-16)18(21)15-10-9-13-17(14-15)25(22,23)20(2)24-3/h9-10,13-14,16H,4-8,11-12H2,1-3H3. The fourth-order valence-electron chi connectivity index (χ4n) is 3.23. The maximum absolute atomic E-state index is 12.8. The molecular weight excluding hydrogens is 340 g/mol. The SMILES string of the molecule is CON(C)S(=O)(=O)c1cccc(C(=O)N(C)C2CCCCCCC2)c1. The number of carbonyl (C=O) groups excluding carboxylic acids is 1. The van der Waals surface area contributed by atoms with E-state index < -0.39 is 10.0 Å². The van der Waals surface area contributed by atoms with Gasteiger partial charge in [-0.05, 0) is 31.0 Å². The van der Waals surface area contributed by atoms with E-state index in [1.54, 1.807) is 17.0 Å². The van der Waals surface area contributed by atoms with Crippen molar-refractivity contribution in [2.45, 2.75) is 55.9 Å². The molecule has 6 nitrogen and oxygen atoms in total. The lowest BCUT2D eigenvalue weighted by molar-refractivity contribution is -0.0258. The molecule has 1 aliphatic rings. The Kier molecular flexibility index (Phi) is 6.98. The van der Waals surface area contributed by atoms with Gasteiger partial charge in [0.25, 0.3) is 15.9 Å². The molecule has 1 aromatic carbocycles. The summed E-state index contributed by atoms with van der Waals surface area (Å²) in [5, 5.41) is 0. The monoisotopic (exact) mass is 368 g/mol. The second kappa shape index (κ2) is 8.78. The van der Waals surface area contributed by atoms with Gasteiger partial charge in [-0.15, -0.1) is 0 Å². The molecule has 0 unspecified atom stereocenters. The third-order valence-electron chi connectivity index (χ3n) is 4.92. The highest BCUT2D eigenvalue weighted by Crippen LogP contribution is 2.23. The maximum Gasteiger partial charge on any atom is 0.264 e. The molecule has 25 heavy (non-hydrogen) atoms. The smallest absolute Gasteiger partial charge is 0.264 e. The molecule has 1 fully saturated rings. The average molecular weight is 368 g/mol. The fraction of sp³-hybridized carbons (Fsp3) is 0.611. The van der Waals surface area contributed by atoms with E-state index >= 15 is 0 Å². The number of sulfonamides is 1. The quantitative estimate of drug-likeness (QED) is 0.749. The molecule has 1 aromatic rings. The Morgan fingerprint density at radius 1 is 1.08 bits per heavy atom. The second-order valence-electron chi connectivity index (χ2n) is 6.54. The number of hydrogen-bond donors (Lipinski definition) is 0. The van der Waals surface area contributed by atoms with Crippen molar-refractivity contribution in [2.24, 2.45) is 0 Å². The molecule has 0 N–H and O–H groups in total. The summed E-state index contributed by atoms with van der Waals surface area (Å²) in [5.41, 5.74) is 0.384. The lowest BCUT2D eigenvalue weighted by Gasteiger charge is -2.30. The Morgan fingerprint density at radius 3 is 2.28 bits per heavy atom. The molecule has 0 atom stereocenters. The Balaban J connectivity index is 2.20. The van der Waals surface area contributed by atoms with E-state index in [9.17, 15) is 13.2 Å². The van der Waals surface area contributed by atoms with E-state index in [1.165, 1.54) is 45.6 Å². The normalized spacial score (nSPS) is 17.1. The molecule has 0 radical (unpaired) electrons. The van der Waals surface area contributed by atoms with Crippen molar-refractivity contribution in [3.63, 3.8) is 0 Å². The highest BCUT2D eigenvalue weighted by molar-refractivity contribution is 7.89. The van der Waals surface area contributed by atoms with Crippen molar-refractivity contribution >= 4 is 15.9 Å². The van der Waals surface area contributed by atoms with Gasteiger partial charge in [0.1, 0.15) is 0 Å². The van der Waals surface area contributed by atoms with Gasteiger partial charge in [0, 0.05) is 25.7 Å². The topological polar surface area (TPSA) is 66.9 Å². The van der Waals surface area contributed by atoms with Crippen molar-refractivity contribution < 1.29 is 18.0 Å². The van der Waals surface area contributed by atoms with Gasteiger partial charge < -0.3 is 4.90 Å². The zero-order valence-electron chi connectivity index (χ0n) is 15.3. The van der Waals surface area contributed by atoms with Crippen LogP contribution in [-0.2, 0) is 14.9 Å². The van der Waals surface area contributed by atoms with E-state index in [0.717, 1.165) is 30.2 Å². The minimum atomic E-state index is -3.77. The number of amides is 1. The lowest BCUT2D eigenvalue weighted by atomic mass is 9.95. The van der Waals surface area contributed by atoms with Crippen LogP contribution < -0.4 is 0 Å². The zero-order valence-corrected chi connectivity index (χ0v) is 16.1. The van der Waals surface area contributed by atoms with Gasteiger partial charge in [-0.25, -0.2) is 8.42 Å². The predicted octanol–water partition coefficient (Wildman–Crippen LogP) is 3.05. The zero-order chi connectivity index (χ0) is 18.4. The summed E-state index contributed by atoms with van der Waals surface area (Å²) < 4.78 is 25.5. The number of hydroxylamine groups is 1.